The van der Waals surface area contributed by atoms with Gasteiger partial charge in [-0.3, -0.25) is 4.98 Å². The van der Waals surface area contributed by atoms with Crippen LogP contribution in [0.25, 0.3) is 0 Å². The fraction of sp³-hybridized carbons (Fsp3) is 0.500. The van der Waals surface area contributed by atoms with E-state index in [1.165, 1.54) is 6.92 Å². The molecule has 0 fully saturated rings. The largest absolute Gasteiger partial charge is 0.395 e. The fourth-order valence-corrected chi connectivity index (χ4v) is 2.20. The van der Waals surface area contributed by atoms with Gasteiger partial charge in [0, 0.05) is 6.20 Å². The van der Waals surface area contributed by atoms with E-state index < -0.39 is 27.9 Å². The Hall–Kier alpha value is -0.980. The molecule has 90 valence electrons. The standard InChI is InChI=1S/C10H16N2O3S/c1-8(7-13)16(14,15)12-9(2)10-5-3-4-6-11-10/h3-6,8-9,12-13H,7H2,1-2H3. The summed E-state index contributed by atoms with van der Waals surface area (Å²) in [5, 5.41) is 8.00. The number of aromatic nitrogens is 1. The van der Waals surface area contributed by atoms with Gasteiger partial charge in [0.05, 0.1) is 23.6 Å². The minimum Gasteiger partial charge on any atom is -0.395 e. The number of nitrogens with one attached hydrogen (secondary N) is 1. The lowest BCUT2D eigenvalue weighted by molar-refractivity contribution is 0.294. The van der Waals surface area contributed by atoms with Crippen LogP contribution in [0.1, 0.15) is 25.6 Å². The summed E-state index contributed by atoms with van der Waals surface area (Å²) in [6.45, 7) is 2.77. The number of aliphatic hydroxyl groups excluding tert-OH is 1. The van der Waals surface area contributed by atoms with Crippen LogP contribution in [0.4, 0.5) is 0 Å². The summed E-state index contributed by atoms with van der Waals surface area (Å²) >= 11 is 0. The first-order valence-corrected chi connectivity index (χ1v) is 6.55. The first-order chi connectivity index (χ1) is 7.47. The maximum absolute atomic E-state index is 11.6. The van der Waals surface area contributed by atoms with E-state index in [1.807, 2.05) is 0 Å². The zero-order valence-corrected chi connectivity index (χ0v) is 10.1. The van der Waals surface area contributed by atoms with Gasteiger partial charge < -0.3 is 5.11 Å². The second-order valence-corrected chi connectivity index (χ2v) is 5.76. The van der Waals surface area contributed by atoms with Crippen molar-refractivity contribution in [2.75, 3.05) is 6.61 Å². The molecule has 16 heavy (non-hydrogen) atoms. The van der Waals surface area contributed by atoms with Gasteiger partial charge in [-0.25, -0.2) is 13.1 Å². The van der Waals surface area contributed by atoms with Crippen molar-refractivity contribution in [1.29, 1.82) is 0 Å². The molecule has 0 amide bonds. The number of nitrogens with zero attached hydrogens (tertiary/aromatic N) is 1. The molecule has 2 atom stereocenters. The molecule has 0 bridgehead atoms. The van der Waals surface area contributed by atoms with E-state index in [1.54, 1.807) is 31.3 Å². The molecule has 5 nitrogen and oxygen atoms in total. The molecule has 1 rings (SSSR count). The van der Waals surface area contributed by atoms with Crippen LogP contribution in [-0.2, 0) is 10.0 Å². The zero-order valence-electron chi connectivity index (χ0n) is 9.29. The van der Waals surface area contributed by atoms with Gasteiger partial charge in [0.1, 0.15) is 0 Å². The average Bonchev–Trinajstić information content (AvgIpc) is 2.28. The lowest BCUT2D eigenvalue weighted by Crippen LogP contribution is -2.36. The second-order valence-electron chi connectivity index (χ2n) is 3.63. The van der Waals surface area contributed by atoms with Crippen molar-refractivity contribution in [2.24, 2.45) is 0 Å². The minimum absolute atomic E-state index is 0.399. The van der Waals surface area contributed by atoms with E-state index in [0.29, 0.717) is 5.69 Å². The molecule has 0 aliphatic heterocycles. The third-order valence-electron chi connectivity index (χ3n) is 2.26. The molecule has 0 saturated carbocycles. The second kappa shape index (κ2) is 5.38. The molecule has 0 aliphatic rings. The van der Waals surface area contributed by atoms with Crippen LogP contribution >= 0.6 is 0 Å². The Kier molecular flexibility index (Phi) is 4.40. The van der Waals surface area contributed by atoms with Gasteiger partial charge in [0.15, 0.2) is 0 Å². The third-order valence-corrected chi connectivity index (χ3v) is 4.15. The maximum atomic E-state index is 11.6. The predicted octanol–water partition coefficient (Wildman–Crippen LogP) is 0.443. The Bertz CT molecular complexity index is 419. The van der Waals surface area contributed by atoms with E-state index in [-0.39, 0.29) is 0 Å². The summed E-state index contributed by atoms with van der Waals surface area (Å²) in [5.74, 6) is 0. The summed E-state index contributed by atoms with van der Waals surface area (Å²) in [6, 6.07) is 4.90. The number of sulfonamides is 1. The van der Waals surface area contributed by atoms with Gasteiger partial charge in [0.25, 0.3) is 0 Å². The molecule has 2 N–H and O–H groups in total. The molecule has 0 aliphatic carbocycles. The predicted molar refractivity (Wildman–Crippen MR) is 61.3 cm³/mol. The van der Waals surface area contributed by atoms with Gasteiger partial charge in [-0.1, -0.05) is 6.07 Å². The van der Waals surface area contributed by atoms with Crippen molar-refractivity contribution in [3.05, 3.63) is 30.1 Å². The van der Waals surface area contributed by atoms with E-state index >= 15 is 0 Å². The highest BCUT2D eigenvalue weighted by molar-refractivity contribution is 7.90. The van der Waals surface area contributed by atoms with Crippen molar-refractivity contribution in [3.8, 4) is 0 Å². The highest BCUT2D eigenvalue weighted by Gasteiger charge is 2.22. The van der Waals surface area contributed by atoms with Gasteiger partial charge in [-0.2, -0.15) is 0 Å². The molecule has 0 aromatic carbocycles. The molecule has 0 saturated heterocycles. The van der Waals surface area contributed by atoms with E-state index in [9.17, 15) is 8.42 Å². The Balaban J connectivity index is 2.76. The highest BCUT2D eigenvalue weighted by atomic mass is 32.2. The molecule has 2 unspecified atom stereocenters. The number of pyridine rings is 1. The normalized spacial score (nSPS) is 15.7. The monoisotopic (exact) mass is 244 g/mol. The number of hydrogen-bond donors (Lipinski definition) is 2. The van der Waals surface area contributed by atoms with Crippen LogP contribution in [0, 0.1) is 0 Å². The lowest BCUT2D eigenvalue weighted by atomic mass is 10.2. The quantitative estimate of drug-likeness (QED) is 0.788. The summed E-state index contributed by atoms with van der Waals surface area (Å²) in [4.78, 5) is 4.06. The van der Waals surface area contributed by atoms with Crippen molar-refractivity contribution < 1.29 is 13.5 Å². The maximum Gasteiger partial charge on any atom is 0.217 e. The summed E-state index contributed by atoms with van der Waals surface area (Å²) in [6.07, 6.45) is 1.61. The first-order valence-electron chi connectivity index (χ1n) is 5.00. The Morgan fingerprint density at radius 1 is 1.44 bits per heavy atom. The van der Waals surface area contributed by atoms with E-state index in [0.717, 1.165) is 0 Å². The van der Waals surface area contributed by atoms with Crippen molar-refractivity contribution in [1.82, 2.24) is 9.71 Å². The lowest BCUT2D eigenvalue weighted by Gasteiger charge is -2.16. The summed E-state index contributed by atoms with van der Waals surface area (Å²) < 4.78 is 25.8. The van der Waals surface area contributed by atoms with Gasteiger partial charge in [-0.15, -0.1) is 0 Å². The topological polar surface area (TPSA) is 79.3 Å². The molecule has 1 aromatic heterocycles. The number of rotatable bonds is 5. The van der Waals surface area contributed by atoms with Crippen LogP contribution in [0.2, 0.25) is 0 Å². The van der Waals surface area contributed by atoms with Gasteiger partial charge in [0.2, 0.25) is 10.0 Å². The smallest absolute Gasteiger partial charge is 0.217 e. The molecule has 1 heterocycles. The Morgan fingerprint density at radius 3 is 2.62 bits per heavy atom. The zero-order chi connectivity index (χ0) is 12.2. The third kappa shape index (κ3) is 3.26. The average molecular weight is 244 g/mol. The molecule has 0 spiro atoms. The van der Waals surface area contributed by atoms with Crippen LogP contribution < -0.4 is 4.72 Å². The molecule has 6 heteroatoms. The van der Waals surface area contributed by atoms with Gasteiger partial charge in [-0.05, 0) is 26.0 Å². The highest BCUT2D eigenvalue weighted by Crippen LogP contribution is 2.11. The Morgan fingerprint density at radius 2 is 2.12 bits per heavy atom. The van der Waals surface area contributed by atoms with Crippen molar-refractivity contribution in [2.45, 2.75) is 25.1 Å². The summed E-state index contributed by atoms with van der Waals surface area (Å²) in [7, 11) is -3.50. The van der Waals surface area contributed by atoms with Crippen LogP contribution in [0.15, 0.2) is 24.4 Å². The van der Waals surface area contributed by atoms with Crippen molar-refractivity contribution in [3.63, 3.8) is 0 Å². The molecule has 1 aromatic rings. The first kappa shape index (κ1) is 13.1. The molecular weight excluding hydrogens is 228 g/mol. The number of hydrogen-bond acceptors (Lipinski definition) is 4. The fourth-order valence-electron chi connectivity index (χ4n) is 1.15. The van der Waals surface area contributed by atoms with Gasteiger partial charge >= 0.3 is 0 Å². The van der Waals surface area contributed by atoms with Crippen LogP contribution in [0.5, 0.6) is 0 Å². The minimum atomic E-state index is -3.50. The summed E-state index contributed by atoms with van der Waals surface area (Å²) in [5.41, 5.74) is 0.649. The molecule has 0 radical (unpaired) electrons. The van der Waals surface area contributed by atoms with E-state index in [2.05, 4.69) is 9.71 Å². The Labute approximate surface area is 95.6 Å². The van der Waals surface area contributed by atoms with E-state index in [4.69, 9.17) is 5.11 Å². The van der Waals surface area contributed by atoms with Crippen molar-refractivity contribution >= 4 is 10.0 Å². The van der Waals surface area contributed by atoms with Crippen LogP contribution in [-0.4, -0.2) is 30.4 Å². The molecular formula is C10H16N2O3S. The van der Waals surface area contributed by atoms with Crippen LogP contribution in [0.3, 0.4) is 0 Å². The SMILES string of the molecule is CC(NS(=O)(=O)C(C)CO)c1ccccn1. The number of aliphatic hydroxyl groups is 1.